The fourth-order valence-corrected chi connectivity index (χ4v) is 11.1. The van der Waals surface area contributed by atoms with E-state index in [1.807, 2.05) is 12.1 Å². The molecule has 5 fully saturated rings. The summed E-state index contributed by atoms with van der Waals surface area (Å²) in [6.45, 7) is 6.95. The van der Waals surface area contributed by atoms with Gasteiger partial charge in [0.25, 0.3) is 0 Å². The lowest BCUT2D eigenvalue weighted by Gasteiger charge is -2.46. The molecule has 2 aromatic carbocycles. The van der Waals surface area contributed by atoms with E-state index < -0.39 is 0 Å². The molecule has 1 amide bonds. The number of carbonyl (C=O) groups is 1. The Balaban J connectivity index is 0.996. The van der Waals surface area contributed by atoms with Gasteiger partial charge in [0.2, 0.25) is 5.91 Å². The van der Waals surface area contributed by atoms with Crippen molar-refractivity contribution in [2.24, 2.45) is 11.3 Å². The van der Waals surface area contributed by atoms with E-state index in [-0.39, 0.29) is 23.9 Å². The fourth-order valence-electron chi connectivity index (χ4n) is 11.1. The maximum Gasteiger partial charge on any atom is 0.247 e. The van der Waals surface area contributed by atoms with Crippen LogP contribution in [0.2, 0.25) is 0 Å². The van der Waals surface area contributed by atoms with Gasteiger partial charge in [0.1, 0.15) is 11.9 Å². The standard InChI is InChI=1S/C42H61FN6O/c1-29-13-15-33(45-41(50)39-24-30-22-32(43)14-16-38(30)49(39)34-10-3-4-11-34)25-37(29)47-40-26-42(17-5-2-6-18-42)19-9-12-36(46-40)31-23-35(28-44-27-31)48-20-7-8-21-48/h13-16,22,25,31,34-36,39-40,44,46-47H,2-12,17-21,23-24,26-28H2,1H3,(H,45,50). The van der Waals surface area contributed by atoms with Crippen LogP contribution in [0.5, 0.6) is 0 Å². The number of nitrogens with one attached hydrogen (secondary N) is 4. The number of carbonyl (C=O) groups excluding carboxylic acids is 1. The Kier molecular flexibility index (Phi) is 10.4. The third-order valence-corrected chi connectivity index (χ3v) is 13.7. The van der Waals surface area contributed by atoms with E-state index in [1.54, 1.807) is 12.1 Å². The van der Waals surface area contributed by atoms with Crippen molar-refractivity contribution in [3.63, 3.8) is 0 Å². The predicted molar refractivity (Wildman–Crippen MR) is 202 cm³/mol. The molecule has 8 heteroatoms. The molecule has 5 atom stereocenters. The van der Waals surface area contributed by atoms with Gasteiger partial charge < -0.3 is 20.9 Å². The van der Waals surface area contributed by atoms with Crippen LogP contribution in [0, 0.1) is 24.1 Å². The first-order chi connectivity index (χ1) is 24.4. The highest BCUT2D eigenvalue weighted by molar-refractivity contribution is 5.99. The Hall–Kier alpha value is -2.68. The summed E-state index contributed by atoms with van der Waals surface area (Å²) in [7, 11) is 0. The van der Waals surface area contributed by atoms with Gasteiger partial charge in [-0.3, -0.25) is 15.0 Å². The highest BCUT2D eigenvalue weighted by Crippen LogP contribution is 2.46. The molecule has 6 aliphatic rings. The molecule has 2 saturated carbocycles. The summed E-state index contributed by atoms with van der Waals surface area (Å²) in [4.78, 5) is 19.1. The van der Waals surface area contributed by atoms with Crippen LogP contribution >= 0.6 is 0 Å². The van der Waals surface area contributed by atoms with Crippen LogP contribution in [0.25, 0.3) is 0 Å². The molecule has 4 N–H and O–H groups in total. The maximum atomic E-state index is 14.3. The number of hydrogen-bond acceptors (Lipinski definition) is 6. The van der Waals surface area contributed by atoms with Crippen LogP contribution in [-0.4, -0.2) is 67.3 Å². The van der Waals surface area contributed by atoms with Crippen molar-refractivity contribution in [3.05, 3.63) is 53.3 Å². The average molecular weight is 685 g/mol. The van der Waals surface area contributed by atoms with Gasteiger partial charge in [0, 0.05) is 48.2 Å². The van der Waals surface area contributed by atoms with Gasteiger partial charge in [-0.15, -0.1) is 0 Å². The molecule has 8 rings (SSSR count). The fraction of sp³-hybridized carbons (Fsp3) is 0.690. The van der Waals surface area contributed by atoms with Crippen molar-refractivity contribution in [2.45, 2.75) is 146 Å². The minimum absolute atomic E-state index is 0.00553. The molecule has 0 radical (unpaired) electrons. The second-order valence-corrected chi connectivity index (χ2v) is 17.0. The molecule has 4 aliphatic heterocycles. The Morgan fingerprint density at radius 2 is 1.68 bits per heavy atom. The van der Waals surface area contributed by atoms with Gasteiger partial charge in [-0.25, -0.2) is 4.39 Å². The average Bonchev–Trinajstić information content (AvgIpc) is 3.91. The molecule has 50 heavy (non-hydrogen) atoms. The highest BCUT2D eigenvalue weighted by atomic mass is 19.1. The molecule has 272 valence electrons. The van der Waals surface area contributed by atoms with Gasteiger partial charge >= 0.3 is 0 Å². The van der Waals surface area contributed by atoms with Crippen molar-refractivity contribution >= 4 is 23.0 Å². The largest absolute Gasteiger partial charge is 0.370 e. The normalized spacial score (nSPS) is 30.6. The van der Waals surface area contributed by atoms with Gasteiger partial charge in [0.05, 0.1) is 6.17 Å². The lowest BCUT2D eigenvalue weighted by Crippen LogP contribution is -2.56. The number of piperidine rings is 1. The maximum absolute atomic E-state index is 14.3. The SMILES string of the molecule is Cc1ccc(NC(=O)C2Cc3cc(F)ccc3N2C2CCCC2)cc1NC1CC2(CCCCC2)CCCC(C2CNCC(N3CCCC3)C2)N1. The number of benzene rings is 2. The Morgan fingerprint density at radius 3 is 2.50 bits per heavy atom. The predicted octanol–water partition coefficient (Wildman–Crippen LogP) is 7.74. The number of rotatable bonds is 7. The number of nitrogens with zero attached hydrogens (tertiary/aromatic N) is 2. The van der Waals surface area contributed by atoms with E-state index in [9.17, 15) is 9.18 Å². The Morgan fingerprint density at radius 1 is 0.880 bits per heavy atom. The van der Waals surface area contributed by atoms with E-state index in [0.717, 1.165) is 55.0 Å². The van der Waals surface area contributed by atoms with Crippen LogP contribution in [0.1, 0.15) is 114 Å². The highest BCUT2D eigenvalue weighted by Gasteiger charge is 2.41. The summed E-state index contributed by atoms with van der Waals surface area (Å²) in [5.41, 5.74) is 5.53. The third-order valence-electron chi connectivity index (χ3n) is 13.7. The van der Waals surface area contributed by atoms with E-state index >= 15 is 0 Å². The van der Waals surface area contributed by atoms with Crippen LogP contribution in [-0.2, 0) is 11.2 Å². The van der Waals surface area contributed by atoms with Crippen molar-refractivity contribution < 1.29 is 9.18 Å². The van der Waals surface area contributed by atoms with Crippen LogP contribution in [0.4, 0.5) is 21.5 Å². The van der Waals surface area contributed by atoms with Crippen molar-refractivity contribution in [1.29, 1.82) is 0 Å². The molecule has 0 aromatic heterocycles. The molecule has 2 aromatic rings. The molecular formula is C42H61FN6O. The first-order valence-corrected chi connectivity index (χ1v) is 20.4. The van der Waals surface area contributed by atoms with Crippen LogP contribution in [0.3, 0.4) is 0 Å². The minimum atomic E-state index is -0.319. The summed E-state index contributed by atoms with van der Waals surface area (Å²) in [5.74, 6) is 0.417. The number of amides is 1. The lowest BCUT2D eigenvalue weighted by atomic mass is 9.67. The first kappa shape index (κ1) is 34.4. The summed E-state index contributed by atoms with van der Waals surface area (Å²) in [5, 5.41) is 15.4. The first-order valence-electron chi connectivity index (χ1n) is 20.4. The number of aryl methyl sites for hydroxylation is 1. The molecule has 1 spiro atoms. The smallest absolute Gasteiger partial charge is 0.247 e. The van der Waals surface area contributed by atoms with Gasteiger partial charge in [-0.05, 0) is 144 Å². The summed E-state index contributed by atoms with van der Waals surface area (Å²) < 4.78 is 14.3. The topological polar surface area (TPSA) is 71.7 Å². The number of fused-ring (bicyclic) bond motifs is 1. The van der Waals surface area contributed by atoms with Crippen molar-refractivity contribution in [1.82, 2.24) is 15.5 Å². The zero-order chi connectivity index (χ0) is 34.1. The zero-order valence-electron chi connectivity index (χ0n) is 30.5. The van der Waals surface area contributed by atoms with E-state index in [1.165, 1.54) is 102 Å². The van der Waals surface area contributed by atoms with E-state index in [0.29, 0.717) is 35.9 Å². The number of anilines is 3. The Labute approximate surface area is 299 Å². The molecule has 5 unspecified atom stereocenters. The number of halogens is 1. The van der Waals surface area contributed by atoms with Gasteiger partial charge in [-0.1, -0.05) is 44.6 Å². The third kappa shape index (κ3) is 7.45. The summed E-state index contributed by atoms with van der Waals surface area (Å²) >= 11 is 0. The molecule has 3 saturated heterocycles. The monoisotopic (exact) mass is 684 g/mol. The molecule has 0 bridgehead atoms. The lowest BCUT2D eigenvalue weighted by molar-refractivity contribution is -0.117. The minimum Gasteiger partial charge on any atom is -0.370 e. The molecular weight excluding hydrogens is 624 g/mol. The molecule has 2 aliphatic carbocycles. The van der Waals surface area contributed by atoms with Gasteiger partial charge in [0.15, 0.2) is 0 Å². The summed E-state index contributed by atoms with van der Waals surface area (Å²) in [6.07, 6.45) is 21.1. The van der Waals surface area contributed by atoms with E-state index in [2.05, 4.69) is 50.1 Å². The van der Waals surface area contributed by atoms with Crippen LogP contribution in [0.15, 0.2) is 36.4 Å². The summed E-state index contributed by atoms with van der Waals surface area (Å²) in [6, 6.07) is 12.6. The zero-order valence-corrected chi connectivity index (χ0v) is 30.5. The quantitative estimate of drug-likeness (QED) is 0.239. The van der Waals surface area contributed by atoms with Gasteiger partial charge in [-0.2, -0.15) is 0 Å². The molecule has 7 nitrogen and oxygen atoms in total. The Bertz CT molecular complexity index is 1480. The second kappa shape index (κ2) is 15.1. The molecule has 4 heterocycles. The van der Waals surface area contributed by atoms with Crippen molar-refractivity contribution in [3.8, 4) is 0 Å². The second-order valence-electron chi connectivity index (χ2n) is 17.0. The number of likely N-dealkylation sites (tertiary alicyclic amines) is 1. The van der Waals surface area contributed by atoms with Crippen LogP contribution < -0.4 is 26.2 Å². The van der Waals surface area contributed by atoms with Crippen molar-refractivity contribution in [2.75, 3.05) is 41.7 Å². The number of hydrogen-bond donors (Lipinski definition) is 4. The van der Waals surface area contributed by atoms with E-state index in [4.69, 9.17) is 0 Å².